The Balaban J connectivity index is 0.000000682. The number of azide groups is 1. The molecule has 1 atom stereocenters. The van der Waals surface area contributed by atoms with Crippen LogP contribution in [0.1, 0.15) is 16.7 Å². The van der Waals surface area contributed by atoms with Gasteiger partial charge in [0, 0.05) is 26.7 Å². The molecule has 0 radical (unpaired) electrons. The second-order valence-corrected chi connectivity index (χ2v) is 12.9. The van der Waals surface area contributed by atoms with Gasteiger partial charge in [-0.05, 0) is 40.4 Å². The van der Waals surface area contributed by atoms with Gasteiger partial charge in [0.05, 0.1) is 31.1 Å². The average molecular weight is 615 g/mol. The SMILES string of the molecule is CS(=O)(=O)Cl.[N-]=[N+]=NC[C@@H]1CN(c2ccc3c(cnn3C(c3ccccc3)(c3ccccc3)c3ccccc3)c2)C(=O)O1. The van der Waals surface area contributed by atoms with Gasteiger partial charge in [-0.1, -0.05) is 96.1 Å². The molecule has 4 aromatic carbocycles. The summed E-state index contributed by atoms with van der Waals surface area (Å²) in [6.45, 7) is 0.423. The van der Waals surface area contributed by atoms with E-state index in [9.17, 15) is 13.2 Å². The summed E-state index contributed by atoms with van der Waals surface area (Å²) < 4.78 is 26.2. The maximum atomic E-state index is 12.6. The molecule has 5 aromatic rings. The largest absolute Gasteiger partial charge is 0.444 e. The van der Waals surface area contributed by atoms with E-state index in [2.05, 4.69) is 61.8 Å². The standard InChI is InChI=1S/C30H24N6O2.CH3ClO2S/c31-34-32-20-27-21-35(29(37)38-27)26-16-17-28-22(18-26)19-33-36(28)30(23-10-4-1-5-11-23,24-12-6-2-7-13-24)25-14-8-3-9-15-25;1-5(2,3)4/h1-19,27H,20-21H2;1H3/t27-;/m1./s1. The van der Waals surface area contributed by atoms with Crippen LogP contribution in [0.15, 0.2) is 121 Å². The fourth-order valence-corrected chi connectivity index (χ4v) is 5.32. The molecule has 1 aliphatic rings. The number of aromatic nitrogens is 2. The number of halogens is 1. The molecule has 0 N–H and O–H groups in total. The van der Waals surface area contributed by atoms with E-state index in [0.717, 1.165) is 33.8 Å². The van der Waals surface area contributed by atoms with Crippen LogP contribution < -0.4 is 4.90 Å². The van der Waals surface area contributed by atoms with Crippen molar-refractivity contribution in [1.29, 1.82) is 0 Å². The molecule has 1 aliphatic heterocycles. The minimum atomic E-state index is -3.19. The molecule has 12 heteroatoms. The Morgan fingerprint density at radius 1 is 0.953 bits per heavy atom. The fourth-order valence-electron chi connectivity index (χ4n) is 5.32. The minimum Gasteiger partial charge on any atom is -0.444 e. The van der Waals surface area contributed by atoms with Crippen LogP contribution in [0.4, 0.5) is 10.5 Å². The predicted molar refractivity (Wildman–Crippen MR) is 167 cm³/mol. The summed E-state index contributed by atoms with van der Waals surface area (Å²) in [6, 6.07) is 37.0. The molecule has 10 nitrogen and oxygen atoms in total. The average Bonchev–Trinajstić information content (AvgIpc) is 3.60. The van der Waals surface area contributed by atoms with Crippen LogP contribution in [0.5, 0.6) is 0 Å². The van der Waals surface area contributed by atoms with Gasteiger partial charge in [-0.25, -0.2) is 17.9 Å². The van der Waals surface area contributed by atoms with Crippen molar-refractivity contribution in [2.45, 2.75) is 11.6 Å². The molecule has 1 amide bonds. The van der Waals surface area contributed by atoms with E-state index in [1.54, 1.807) is 4.90 Å². The number of anilines is 1. The molecular weight excluding hydrogens is 588 g/mol. The molecule has 218 valence electrons. The minimum absolute atomic E-state index is 0.104. The lowest BCUT2D eigenvalue weighted by molar-refractivity contribution is 0.145. The van der Waals surface area contributed by atoms with Gasteiger partial charge in [0.1, 0.15) is 11.6 Å². The smallest absolute Gasteiger partial charge is 0.414 e. The molecule has 0 unspecified atom stereocenters. The van der Waals surface area contributed by atoms with E-state index in [-0.39, 0.29) is 6.54 Å². The molecule has 43 heavy (non-hydrogen) atoms. The zero-order chi connectivity index (χ0) is 30.5. The van der Waals surface area contributed by atoms with Crippen molar-refractivity contribution < 1.29 is 17.9 Å². The van der Waals surface area contributed by atoms with Gasteiger partial charge < -0.3 is 4.74 Å². The summed E-state index contributed by atoms with van der Waals surface area (Å²) in [4.78, 5) is 16.9. The van der Waals surface area contributed by atoms with E-state index in [4.69, 9.17) is 15.4 Å². The van der Waals surface area contributed by atoms with E-state index in [0.29, 0.717) is 12.2 Å². The maximum Gasteiger partial charge on any atom is 0.414 e. The molecule has 1 fully saturated rings. The number of carbonyl (C=O) groups is 1. The number of fused-ring (bicyclic) bond motifs is 1. The molecule has 2 heterocycles. The zero-order valence-electron chi connectivity index (χ0n) is 23.1. The quantitative estimate of drug-likeness (QED) is 0.0662. The summed E-state index contributed by atoms with van der Waals surface area (Å²) >= 11 is 0. The highest BCUT2D eigenvalue weighted by Gasteiger charge is 2.40. The summed E-state index contributed by atoms with van der Waals surface area (Å²) in [5.41, 5.74) is 12.7. The first-order valence-corrected chi connectivity index (χ1v) is 16.0. The molecule has 0 spiro atoms. The molecule has 0 saturated carbocycles. The lowest BCUT2D eigenvalue weighted by Crippen LogP contribution is -2.38. The van der Waals surface area contributed by atoms with Crippen molar-refractivity contribution >= 4 is 42.4 Å². The second kappa shape index (κ2) is 12.6. The van der Waals surface area contributed by atoms with Crippen molar-refractivity contribution in [3.05, 3.63) is 143 Å². The van der Waals surface area contributed by atoms with Crippen molar-refractivity contribution in [2.75, 3.05) is 24.2 Å². The molecule has 0 aliphatic carbocycles. The number of benzene rings is 4. The van der Waals surface area contributed by atoms with Gasteiger partial charge in [0.15, 0.2) is 0 Å². The van der Waals surface area contributed by atoms with Gasteiger partial charge >= 0.3 is 6.09 Å². The van der Waals surface area contributed by atoms with Crippen LogP contribution in [0.25, 0.3) is 21.3 Å². The molecule has 6 rings (SSSR count). The highest BCUT2D eigenvalue weighted by Crippen LogP contribution is 2.42. The molecule has 1 aromatic heterocycles. The Hall–Kier alpha value is -4.83. The third-order valence-electron chi connectivity index (χ3n) is 6.98. The Morgan fingerprint density at radius 2 is 1.47 bits per heavy atom. The van der Waals surface area contributed by atoms with Crippen molar-refractivity contribution in [3.8, 4) is 0 Å². The van der Waals surface area contributed by atoms with Gasteiger partial charge in [-0.3, -0.25) is 4.90 Å². The van der Waals surface area contributed by atoms with E-state index < -0.39 is 26.8 Å². The van der Waals surface area contributed by atoms with Crippen molar-refractivity contribution in [2.24, 2.45) is 5.11 Å². The first kappa shape index (κ1) is 29.7. The second-order valence-electron chi connectivity index (χ2n) is 9.82. The Bertz CT molecular complexity index is 1770. The third kappa shape index (κ3) is 6.34. The Labute approximate surface area is 253 Å². The number of amides is 1. The van der Waals surface area contributed by atoms with Crippen LogP contribution in [-0.2, 0) is 19.3 Å². The molecular formula is C31H27ClN6O4S. The monoisotopic (exact) mass is 614 g/mol. The summed E-state index contributed by atoms with van der Waals surface area (Å²) in [7, 11) is 1.31. The van der Waals surface area contributed by atoms with Gasteiger partial charge in [0.2, 0.25) is 9.05 Å². The number of hydrogen-bond donors (Lipinski definition) is 0. The number of carbonyl (C=O) groups excluding carboxylic acids is 1. The number of nitrogens with zero attached hydrogens (tertiary/aromatic N) is 6. The Morgan fingerprint density at radius 3 is 1.95 bits per heavy atom. The van der Waals surface area contributed by atoms with Crippen molar-refractivity contribution in [3.63, 3.8) is 0 Å². The number of hydrogen-bond acceptors (Lipinski definition) is 6. The normalized spacial score (nSPS) is 14.9. The number of cyclic esters (lactones) is 1. The number of ether oxygens (including phenoxy) is 1. The molecule has 1 saturated heterocycles. The van der Waals surface area contributed by atoms with Gasteiger partial charge in [0.25, 0.3) is 0 Å². The van der Waals surface area contributed by atoms with E-state index in [1.165, 1.54) is 0 Å². The lowest BCUT2D eigenvalue weighted by Gasteiger charge is -2.37. The fraction of sp³-hybridized carbons (Fsp3) is 0.161. The summed E-state index contributed by atoms with van der Waals surface area (Å²) in [5, 5.41) is 9.40. The first-order chi connectivity index (χ1) is 20.7. The predicted octanol–water partition coefficient (Wildman–Crippen LogP) is 6.70. The van der Waals surface area contributed by atoms with Crippen LogP contribution in [0, 0.1) is 0 Å². The van der Waals surface area contributed by atoms with E-state index >= 15 is 0 Å². The summed E-state index contributed by atoms with van der Waals surface area (Å²) in [6.07, 6.45) is 1.83. The van der Waals surface area contributed by atoms with Crippen LogP contribution in [-0.4, -0.2) is 49.7 Å². The zero-order valence-corrected chi connectivity index (χ0v) is 24.6. The highest BCUT2D eigenvalue weighted by atomic mass is 35.7. The maximum absolute atomic E-state index is 12.6. The first-order valence-electron chi connectivity index (χ1n) is 13.3. The number of rotatable bonds is 7. The van der Waals surface area contributed by atoms with Crippen LogP contribution >= 0.6 is 10.7 Å². The summed E-state index contributed by atoms with van der Waals surface area (Å²) in [5.74, 6) is 0. The van der Waals surface area contributed by atoms with Gasteiger partial charge in [-0.15, -0.1) is 0 Å². The van der Waals surface area contributed by atoms with Crippen LogP contribution in [0.3, 0.4) is 0 Å². The van der Waals surface area contributed by atoms with E-state index in [1.807, 2.05) is 79.0 Å². The van der Waals surface area contributed by atoms with Crippen LogP contribution in [0.2, 0.25) is 0 Å². The topological polar surface area (TPSA) is 130 Å². The van der Waals surface area contributed by atoms with Gasteiger partial charge in [-0.2, -0.15) is 5.10 Å². The lowest BCUT2D eigenvalue weighted by atomic mass is 9.77. The molecule has 0 bridgehead atoms. The Kier molecular flexibility index (Phi) is 8.68. The van der Waals surface area contributed by atoms with Crippen molar-refractivity contribution in [1.82, 2.24) is 9.78 Å². The highest BCUT2D eigenvalue weighted by molar-refractivity contribution is 8.13. The third-order valence-corrected chi connectivity index (χ3v) is 6.98.